The van der Waals surface area contributed by atoms with Crippen LogP contribution in [0.2, 0.25) is 0 Å². The van der Waals surface area contributed by atoms with E-state index in [0.717, 1.165) is 5.56 Å². The number of methoxy groups -OCH3 is 1. The number of anilines is 1. The van der Waals surface area contributed by atoms with Crippen LogP contribution >= 0.6 is 0 Å². The molecule has 118 valence electrons. The van der Waals surface area contributed by atoms with E-state index in [1.807, 2.05) is 30.3 Å². The average Bonchev–Trinajstić information content (AvgIpc) is 2.95. The first-order chi connectivity index (χ1) is 11.2. The van der Waals surface area contributed by atoms with Crippen LogP contribution < -0.4 is 4.90 Å². The quantitative estimate of drug-likeness (QED) is 0.811. The molecule has 1 amide bonds. The number of benzene rings is 1. The Balaban J connectivity index is 1.87. The van der Waals surface area contributed by atoms with Gasteiger partial charge in [-0.2, -0.15) is 0 Å². The first kappa shape index (κ1) is 15.0. The van der Waals surface area contributed by atoms with Gasteiger partial charge in [0.2, 0.25) is 0 Å². The lowest BCUT2D eigenvalue weighted by molar-refractivity contribution is 0.0600. The van der Waals surface area contributed by atoms with Crippen molar-refractivity contribution in [3.05, 3.63) is 59.8 Å². The van der Waals surface area contributed by atoms with Crippen LogP contribution in [0.3, 0.4) is 0 Å². The van der Waals surface area contributed by atoms with Crippen LogP contribution in [0.5, 0.6) is 0 Å². The zero-order chi connectivity index (χ0) is 16.2. The van der Waals surface area contributed by atoms with Crippen molar-refractivity contribution in [2.24, 2.45) is 0 Å². The SMILES string of the molecule is COC(=O)c1ccnc(N2C(=O)OC[C@@H]2Cc2ccccc2)c1. The summed E-state index contributed by atoms with van der Waals surface area (Å²) >= 11 is 0. The zero-order valence-corrected chi connectivity index (χ0v) is 12.6. The van der Waals surface area contributed by atoms with E-state index in [1.165, 1.54) is 24.3 Å². The number of carbonyl (C=O) groups excluding carboxylic acids is 2. The van der Waals surface area contributed by atoms with Crippen molar-refractivity contribution >= 4 is 17.9 Å². The van der Waals surface area contributed by atoms with Crippen molar-refractivity contribution < 1.29 is 19.1 Å². The molecule has 1 atom stereocenters. The van der Waals surface area contributed by atoms with E-state index >= 15 is 0 Å². The molecule has 1 aliphatic heterocycles. The molecule has 1 fully saturated rings. The van der Waals surface area contributed by atoms with Crippen LogP contribution in [-0.4, -0.2) is 36.8 Å². The summed E-state index contributed by atoms with van der Waals surface area (Å²) in [6, 6.07) is 12.8. The lowest BCUT2D eigenvalue weighted by Gasteiger charge is -2.20. The van der Waals surface area contributed by atoms with Gasteiger partial charge in [0.25, 0.3) is 0 Å². The summed E-state index contributed by atoms with van der Waals surface area (Å²) in [6.45, 7) is 0.290. The smallest absolute Gasteiger partial charge is 0.415 e. The molecule has 0 radical (unpaired) electrons. The second-order valence-electron chi connectivity index (χ2n) is 5.18. The normalized spacial score (nSPS) is 17.0. The molecule has 6 heteroatoms. The largest absolute Gasteiger partial charge is 0.465 e. The molecule has 0 saturated carbocycles. The maximum absolute atomic E-state index is 12.1. The number of cyclic esters (lactones) is 1. The fraction of sp³-hybridized carbons (Fsp3) is 0.235. The van der Waals surface area contributed by atoms with E-state index < -0.39 is 12.1 Å². The summed E-state index contributed by atoms with van der Waals surface area (Å²) in [6.07, 6.45) is 1.67. The molecule has 0 bridgehead atoms. The maximum Gasteiger partial charge on any atom is 0.415 e. The van der Waals surface area contributed by atoms with Gasteiger partial charge in [-0.25, -0.2) is 14.6 Å². The summed E-state index contributed by atoms with van der Waals surface area (Å²) in [5.74, 6) is -0.0860. The molecule has 1 saturated heterocycles. The zero-order valence-electron chi connectivity index (χ0n) is 12.6. The molecule has 2 heterocycles. The third-order valence-corrected chi connectivity index (χ3v) is 3.69. The van der Waals surface area contributed by atoms with Gasteiger partial charge in [0.05, 0.1) is 18.7 Å². The highest BCUT2D eigenvalue weighted by molar-refractivity contribution is 5.93. The Kier molecular flexibility index (Phi) is 4.23. The second-order valence-corrected chi connectivity index (χ2v) is 5.18. The maximum atomic E-state index is 12.1. The first-order valence-corrected chi connectivity index (χ1v) is 7.23. The molecule has 23 heavy (non-hydrogen) atoms. The number of amides is 1. The van der Waals surface area contributed by atoms with Gasteiger partial charge in [-0.05, 0) is 24.1 Å². The fourth-order valence-electron chi connectivity index (χ4n) is 2.57. The highest BCUT2D eigenvalue weighted by Gasteiger charge is 2.35. The van der Waals surface area contributed by atoms with Crippen molar-refractivity contribution in [1.29, 1.82) is 0 Å². The van der Waals surface area contributed by atoms with Crippen LogP contribution in [-0.2, 0) is 15.9 Å². The van der Waals surface area contributed by atoms with E-state index in [4.69, 9.17) is 9.47 Å². The molecule has 6 nitrogen and oxygen atoms in total. The van der Waals surface area contributed by atoms with Gasteiger partial charge in [-0.3, -0.25) is 4.90 Å². The minimum Gasteiger partial charge on any atom is -0.465 e. The Morgan fingerprint density at radius 2 is 2.13 bits per heavy atom. The molecule has 2 aromatic rings. The molecule has 1 aromatic heterocycles. The van der Waals surface area contributed by atoms with Crippen molar-refractivity contribution in [2.75, 3.05) is 18.6 Å². The average molecular weight is 312 g/mol. The Bertz CT molecular complexity index is 718. The van der Waals surface area contributed by atoms with E-state index in [2.05, 4.69) is 4.98 Å². The first-order valence-electron chi connectivity index (χ1n) is 7.23. The predicted molar refractivity (Wildman–Crippen MR) is 83.3 cm³/mol. The number of aromatic nitrogens is 1. The van der Waals surface area contributed by atoms with Gasteiger partial charge in [-0.1, -0.05) is 30.3 Å². The van der Waals surface area contributed by atoms with Crippen molar-refractivity contribution in [3.8, 4) is 0 Å². The Morgan fingerprint density at radius 3 is 2.87 bits per heavy atom. The molecular weight excluding hydrogens is 296 g/mol. The van der Waals surface area contributed by atoms with Gasteiger partial charge in [0, 0.05) is 6.20 Å². The summed E-state index contributed by atoms with van der Waals surface area (Å²) in [5.41, 5.74) is 1.44. The van der Waals surface area contributed by atoms with Crippen LogP contribution in [0.25, 0.3) is 0 Å². The van der Waals surface area contributed by atoms with Gasteiger partial charge >= 0.3 is 12.1 Å². The lowest BCUT2D eigenvalue weighted by atomic mass is 10.1. The van der Waals surface area contributed by atoms with Crippen LogP contribution in [0.1, 0.15) is 15.9 Å². The summed E-state index contributed by atoms with van der Waals surface area (Å²) in [4.78, 5) is 29.4. The Labute approximate surface area is 133 Å². The van der Waals surface area contributed by atoms with Crippen LogP contribution in [0, 0.1) is 0 Å². The van der Waals surface area contributed by atoms with E-state index in [1.54, 1.807) is 6.07 Å². The minimum absolute atomic E-state index is 0.162. The number of carbonyl (C=O) groups is 2. The Hall–Kier alpha value is -2.89. The van der Waals surface area contributed by atoms with Crippen molar-refractivity contribution in [2.45, 2.75) is 12.5 Å². The number of pyridine rings is 1. The lowest BCUT2D eigenvalue weighted by Crippen LogP contribution is -2.35. The van der Waals surface area contributed by atoms with Gasteiger partial charge in [-0.15, -0.1) is 0 Å². The number of hydrogen-bond acceptors (Lipinski definition) is 5. The third kappa shape index (κ3) is 3.15. The van der Waals surface area contributed by atoms with Crippen molar-refractivity contribution in [3.63, 3.8) is 0 Å². The third-order valence-electron chi connectivity index (χ3n) is 3.69. The standard InChI is InChI=1S/C17H16N2O4/c1-22-16(20)13-7-8-18-15(10-13)19-14(11-23-17(19)21)9-12-5-3-2-4-6-12/h2-8,10,14H,9,11H2,1H3/t14-/m0/s1. The monoisotopic (exact) mass is 312 g/mol. The summed E-state index contributed by atoms with van der Waals surface area (Å²) in [5, 5.41) is 0. The molecule has 1 aromatic carbocycles. The van der Waals surface area contributed by atoms with E-state index in [0.29, 0.717) is 17.8 Å². The molecule has 1 aliphatic rings. The topological polar surface area (TPSA) is 68.7 Å². The molecule has 0 aliphatic carbocycles. The predicted octanol–water partition coefficient (Wildman–Crippen LogP) is 2.44. The number of ether oxygens (including phenoxy) is 2. The Morgan fingerprint density at radius 1 is 1.35 bits per heavy atom. The second kappa shape index (κ2) is 6.48. The van der Waals surface area contributed by atoms with Gasteiger partial charge < -0.3 is 9.47 Å². The number of rotatable bonds is 4. The summed E-state index contributed by atoms with van der Waals surface area (Å²) < 4.78 is 9.86. The van der Waals surface area contributed by atoms with Crippen LogP contribution in [0.15, 0.2) is 48.7 Å². The molecule has 0 unspecified atom stereocenters. The van der Waals surface area contributed by atoms with Gasteiger partial charge in [0.15, 0.2) is 0 Å². The van der Waals surface area contributed by atoms with Crippen LogP contribution in [0.4, 0.5) is 10.6 Å². The van der Waals surface area contributed by atoms with Gasteiger partial charge in [0.1, 0.15) is 12.4 Å². The minimum atomic E-state index is -0.471. The number of esters is 1. The fourth-order valence-corrected chi connectivity index (χ4v) is 2.57. The van der Waals surface area contributed by atoms with E-state index in [9.17, 15) is 9.59 Å². The molecule has 0 spiro atoms. The number of nitrogens with zero attached hydrogens (tertiary/aromatic N) is 2. The van der Waals surface area contributed by atoms with E-state index in [-0.39, 0.29) is 12.6 Å². The highest BCUT2D eigenvalue weighted by Crippen LogP contribution is 2.24. The molecule has 3 rings (SSSR count). The molecular formula is C17H16N2O4. The van der Waals surface area contributed by atoms with Crippen molar-refractivity contribution in [1.82, 2.24) is 4.98 Å². The summed E-state index contributed by atoms with van der Waals surface area (Å²) in [7, 11) is 1.31. The highest BCUT2D eigenvalue weighted by atomic mass is 16.6. The molecule has 0 N–H and O–H groups in total. The number of hydrogen-bond donors (Lipinski definition) is 0.